The Morgan fingerprint density at radius 3 is 2.45 bits per heavy atom. The molecule has 0 heterocycles. The summed E-state index contributed by atoms with van der Waals surface area (Å²) in [6, 6.07) is 14.5. The first-order valence-corrected chi connectivity index (χ1v) is 6.70. The Morgan fingerprint density at radius 2 is 1.91 bits per heavy atom. The lowest BCUT2D eigenvalue weighted by molar-refractivity contribution is 0.385. The van der Waals surface area contributed by atoms with Gasteiger partial charge in [0.1, 0.15) is 0 Å². The second-order valence-electron chi connectivity index (χ2n) is 4.81. The van der Waals surface area contributed by atoms with E-state index >= 15 is 0 Å². The molecule has 2 aromatic carbocycles. The van der Waals surface area contributed by atoms with Gasteiger partial charge in [-0.2, -0.15) is 5.26 Å². The molecular weight excluding hydrogens is 303 g/mol. The predicted molar refractivity (Wildman–Crippen MR) is 86.6 cm³/mol. The Labute approximate surface area is 136 Å². The van der Waals surface area contributed by atoms with Crippen LogP contribution in [0.25, 0.3) is 0 Å². The lowest BCUT2D eigenvalue weighted by atomic mass is 10.1. The molecule has 0 aliphatic carbocycles. The first kappa shape index (κ1) is 18.0. The summed E-state index contributed by atoms with van der Waals surface area (Å²) in [5.74, 6) is -0.111. The topological polar surface area (TPSA) is 45.0 Å². The third-order valence-corrected chi connectivity index (χ3v) is 3.37. The third-order valence-electron chi connectivity index (χ3n) is 3.37. The summed E-state index contributed by atoms with van der Waals surface area (Å²) in [4.78, 5) is 0. The van der Waals surface area contributed by atoms with Crippen molar-refractivity contribution < 1.29 is 9.13 Å². The number of nitrogens with one attached hydrogen (secondary N) is 1. The number of methoxy groups -OCH3 is 1. The molecule has 1 atom stereocenters. The second-order valence-corrected chi connectivity index (χ2v) is 4.81. The molecule has 0 spiro atoms. The van der Waals surface area contributed by atoms with Crippen LogP contribution in [0.2, 0.25) is 0 Å². The van der Waals surface area contributed by atoms with Gasteiger partial charge in [-0.05, 0) is 42.3 Å². The molecule has 0 saturated carbocycles. The van der Waals surface area contributed by atoms with Crippen molar-refractivity contribution in [2.24, 2.45) is 0 Å². The molecule has 22 heavy (non-hydrogen) atoms. The average Bonchev–Trinajstić information content (AvgIpc) is 2.53. The monoisotopic (exact) mass is 320 g/mol. The van der Waals surface area contributed by atoms with Crippen LogP contribution in [0, 0.1) is 17.1 Å². The Bertz CT molecular complexity index is 653. The van der Waals surface area contributed by atoms with E-state index in [1.54, 1.807) is 18.2 Å². The summed E-state index contributed by atoms with van der Waals surface area (Å²) in [5, 5.41) is 12.1. The molecule has 0 aliphatic rings. The minimum Gasteiger partial charge on any atom is -0.494 e. The van der Waals surface area contributed by atoms with Gasteiger partial charge in [-0.3, -0.25) is 0 Å². The van der Waals surface area contributed by atoms with Crippen molar-refractivity contribution in [3.63, 3.8) is 0 Å². The van der Waals surface area contributed by atoms with E-state index in [1.807, 2.05) is 25.1 Å². The summed E-state index contributed by atoms with van der Waals surface area (Å²) in [6.45, 7) is 2.63. The number of ether oxygens (including phenoxy) is 1. The molecule has 1 unspecified atom stereocenters. The summed E-state index contributed by atoms with van der Waals surface area (Å²) in [5.41, 5.74) is 2.58. The van der Waals surface area contributed by atoms with Crippen LogP contribution in [-0.4, -0.2) is 7.11 Å². The van der Waals surface area contributed by atoms with Crippen molar-refractivity contribution in [1.82, 2.24) is 5.32 Å². The van der Waals surface area contributed by atoms with E-state index in [2.05, 4.69) is 11.4 Å². The highest BCUT2D eigenvalue weighted by Gasteiger charge is 2.09. The van der Waals surface area contributed by atoms with Gasteiger partial charge in [0.15, 0.2) is 11.6 Å². The summed E-state index contributed by atoms with van der Waals surface area (Å²) < 4.78 is 18.6. The van der Waals surface area contributed by atoms with Crippen LogP contribution in [0.1, 0.15) is 29.7 Å². The molecule has 0 radical (unpaired) electrons. The maximum absolute atomic E-state index is 13.7. The fourth-order valence-corrected chi connectivity index (χ4v) is 2.04. The Morgan fingerprint density at radius 1 is 1.23 bits per heavy atom. The highest BCUT2D eigenvalue weighted by Crippen LogP contribution is 2.21. The minimum absolute atomic E-state index is 0. The van der Waals surface area contributed by atoms with E-state index < -0.39 is 0 Å². The summed E-state index contributed by atoms with van der Waals surface area (Å²) in [6.07, 6.45) is 0. The number of nitrogens with zero attached hydrogens (tertiary/aromatic N) is 1. The minimum atomic E-state index is -0.359. The van der Waals surface area contributed by atoms with Crippen LogP contribution in [0.5, 0.6) is 5.75 Å². The molecule has 3 nitrogen and oxygen atoms in total. The molecule has 0 saturated heterocycles. The Kier molecular flexibility index (Phi) is 6.84. The average molecular weight is 321 g/mol. The standard InChI is InChI=1S/C17H17FN2O.ClH/c1-12(15-7-8-17(21-2)16(18)9-15)20-11-14-5-3-13(10-19)4-6-14;/h3-9,12,20H,11H2,1-2H3;1H. The lowest BCUT2D eigenvalue weighted by Gasteiger charge is -2.15. The predicted octanol–water partition coefficient (Wildman–Crippen LogP) is 3.98. The van der Waals surface area contributed by atoms with Gasteiger partial charge in [0.2, 0.25) is 0 Å². The normalized spacial score (nSPS) is 11.2. The van der Waals surface area contributed by atoms with Crippen molar-refractivity contribution in [2.45, 2.75) is 19.5 Å². The molecule has 0 bridgehead atoms. The Balaban J connectivity index is 0.00000242. The van der Waals surface area contributed by atoms with Gasteiger partial charge in [-0.1, -0.05) is 18.2 Å². The van der Waals surface area contributed by atoms with Gasteiger partial charge in [0, 0.05) is 12.6 Å². The van der Waals surface area contributed by atoms with Crippen molar-refractivity contribution in [3.8, 4) is 11.8 Å². The summed E-state index contributed by atoms with van der Waals surface area (Å²) >= 11 is 0. The zero-order valence-corrected chi connectivity index (χ0v) is 13.3. The highest BCUT2D eigenvalue weighted by molar-refractivity contribution is 5.85. The van der Waals surface area contributed by atoms with E-state index in [9.17, 15) is 4.39 Å². The number of hydrogen-bond acceptors (Lipinski definition) is 3. The maximum Gasteiger partial charge on any atom is 0.165 e. The first-order valence-electron chi connectivity index (χ1n) is 6.70. The van der Waals surface area contributed by atoms with Crippen LogP contribution in [0.3, 0.4) is 0 Å². The first-order chi connectivity index (χ1) is 10.1. The smallest absolute Gasteiger partial charge is 0.165 e. The number of halogens is 2. The lowest BCUT2D eigenvalue weighted by Crippen LogP contribution is -2.18. The largest absolute Gasteiger partial charge is 0.494 e. The van der Waals surface area contributed by atoms with E-state index in [0.717, 1.165) is 11.1 Å². The van der Waals surface area contributed by atoms with E-state index in [4.69, 9.17) is 10.00 Å². The van der Waals surface area contributed by atoms with Gasteiger partial charge in [-0.15, -0.1) is 12.4 Å². The fraction of sp³-hybridized carbons (Fsp3) is 0.235. The molecule has 0 aliphatic heterocycles. The zero-order valence-electron chi connectivity index (χ0n) is 12.5. The van der Waals surface area contributed by atoms with Gasteiger partial charge >= 0.3 is 0 Å². The number of benzene rings is 2. The molecule has 116 valence electrons. The van der Waals surface area contributed by atoms with Crippen molar-refractivity contribution in [1.29, 1.82) is 5.26 Å². The van der Waals surface area contributed by atoms with Gasteiger partial charge in [-0.25, -0.2) is 4.39 Å². The van der Waals surface area contributed by atoms with Crippen LogP contribution < -0.4 is 10.1 Å². The molecule has 0 aromatic heterocycles. The van der Waals surface area contributed by atoms with Crippen molar-refractivity contribution in [3.05, 3.63) is 65.0 Å². The number of nitriles is 1. The molecule has 0 amide bonds. The molecular formula is C17H18ClFN2O. The number of hydrogen-bond donors (Lipinski definition) is 1. The van der Waals surface area contributed by atoms with Crippen LogP contribution in [-0.2, 0) is 6.54 Å². The Hall–Kier alpha value is -2.09. The van der Waals surface area contributed by atoms with Gasteiger partial charge < -0.3 is 10.1 Å². The highest BCUT2D eigenvalue weighted by atomic mass is 35.5. The SMILES string of the molecule is COc1ccc(C(C)NCc2ccc(C#N)cc2)cc1F.Cl. The number of rotatable bonds is 5. The molecule has 0 fully saturated rings. The van der Waals surface area contributed by atoms with Gasteiger partial charge in [0.05, 0.1) is 18.7 Å². The van der Waals surface area contributed by atoms with E-state index in [0.29, 0.717) is 12.1 Å². The van der Waals surface area contributed by atoms with Crippen molar-refractivity contribution in [2.75, 3.05) is 7.11 Å². The second kappa shape index (κ2) is 8.38. The summed E-state index contributed by atoms with van der Waals surface area (Å²) in [7, 11) is 1.45. The molecule has 5 heteroatoms. The van der Waals surface area contributed by atoms with E-state index in [1.165, 1.54) is 13.2 Å². The fourth-order valence-electron chi connectivity index (χ4n) is 2.04. The molecule has 2 aromatic rings. The van der Waals surface area contributed by atoms with Gasteiger partial charge in [0.25, 0.3) is 0 Å². The quantitative estimate of drug-likeness (QED) is 0.906. The van der Waals surface area contributed by atoms with Crippen molar-refractivity contribution >= 4 is 12.4 Å². The third kappa shape index (κ3) is 4.45. The molecule has 2 rings (SSSR count). The van der Waals surface area contributed by atoms with Crippen LogP contribution in [0.4, 0.5) is 4.39 Å². The maximum atomic E-state index is 13.7. The molecule has 1 N–H and O–H groups in total. The van der Waals surface area contributed by atoms with E-state index in [-0.39, 0.29) is 30.0 Å². The zero-order chi connectivity index (χ0) is 15.2. The van der Waals surface area contributed by atoms with Crippen LogP contribution >= 0.6 is 12.4 Å². The van der Waals surface area contributed by atoms with Crippen LogP contribution in [0.15, 0.2) is 42.5 Å².